The lowest BCUT2D eigenvalue weighted by Crippen LogP contribution is -2.37. The monoisotopic (exact) mass is 505 g/mol. The third-order valence-corrected chi connectivity index (χ3v) is 7.61. The zero-order valence-electron chi connectivity index (χ0n) is 19.8. The number of hydrogen-bond donors (Lipinski definition) is 0. The number of carbonyl (C=O) groups is 1. The number of carbonyl (C=O) groups excluding carboxylic acids is 1. The van der Waals surface area contributed by atoms with Gasteiger partial charge < -0.3 is 14.4 Å². The van der Waals surface area contributed by atoms with Crippen molar-refractivity contribution in [3.8, 4) is 5.75 Å². The Balaban J connectivity index is 1.42. The first kappa shape index (κ1) is 23.8. The highest BCUT2D eigenvalue weighted by Gasteiger charge is 2.32. The number of pyridine rings is 1. The van der Waals surface area contributed by atoms with Gasteiger partial charge in [0, 0.05) is 30.6 Å². The smallest absolute Gasteiger partial charge is 0.266 e. The van der Waals surface area contributed by atoms with E-state index in [1.165, 1.54) is 17.3 Å². The van der Waals surface area contributed by atoms with Crippen LogP contribution in [-0.4, -0.2) is 60.1 Å². The van der Waals surface area contributed by atoms with Crippen LogP contribution >= 0.6 is 24.0 Å². The van der Waals surface area contributed by atoms with Crippen LogP contribution in [0, 0.1) is 6.92 Å². The molecule has 8 heteroatoms. The van der Waals surface area contributed by atoms with Crippen molar-refractivity contribution in [3.63, 3.8) is 0 Å². The average molecular weight is 506 g/mol. The number of aromatic nitrogens is 1. The van der Waals surface area contributed by atoms with E-state index in [0.29, 0.717) is 29.0 Å². The summed E-state index contributed by atoms with van der Waals surface area (Å²) in [6, 6.07) is 16.3. The van der Waals surface area contributed by atoms with E-state index in [4.69, 9.17) is 26.7 Å². The first-order valence-corrected chi connectivity index (χ1v) is 12.9. The molecule has 0 radical (unpaired) electrons. The summed E-state index contributed by atoms with van der Waals surface area (Å²) in [6.45, 7) is 5.49. The quantitative estimate of drug-likeness (QED) is 0.351. The maximum Gasteiger partial charge on any atom is 0.266 e. The minimum absolute atomic E-state index is 0.0502. The highest BCUT2D eigenvalue weighted by atomic mass is 32.2. The number of aryl methyl sites for hydroxylation is 1. The van der Waals surface area contributed by atoms with E-state index in [9.17, 15) is 4.79 Å². The van der Waals surface area contributed by atoms with Crippen LogP contribution in [0.25, 0.3) is 17.0 Å². The van der Waals surface area contributed by atoms with Crippen molar-refractivity contribution >= 4 is 57.0 Å². The summed E-state index contributed by atoms with van der Waals surface area (Å²) in [4.78, 5) is 22.9. The van der Waals surface area contributed by atoms with Crippen LogP contribution < -0.4 is 9.64 Å². The minimum atomic E-state index is -0.0502. The molecule has 0 unspecified atom stereocenters. The first-order chi connectivity index (χ1) is 17.0. The van der Waals surface area contributed by atoms with Crippen molar-refractivity contribution in [2.45, 2.75) is 13.3 Å². The van der Waals surface area contributed by atoms with Gasteiger partial charge >= 0.3 is 0 Å². The van der Waals surface area contributed by atoms with Crippen LogP contribution in [0.3, 0.4) is 0 Å². The fraction of sp³-hybridized carbons (Fsp3) is 0.296. The van der Waals surface area contributed by atoms with Crippen molar-refractivity contribution in [2.24, 2.45) is 0 Å². The van der Waals surface area contributed by atoms with E-state index >= 15 is 0 Å². The molecule has 0 aliphatic carbocycles. The zero-order chi connectivity index (χ0) is 24.4. The van der Waals surface area contributed by atoms with Crippen LogP contribution in [0.2, 0.25) is 0 Å². The van der Waals surface area contributed by atoms with Gasteiger partial charge in [0.15, 0.2) is 0 Å². The lowest BCUT2D eigenvalue weighted by atomic mass is 10.1. The third kappa shape index (κ3) is 5.19. The number of hydrogen-bond acceptors (Lipinski definition) is 7. The molecule has 1 amide bonds. The van der Waals surface area contributed by atoms with Gasteiger partial charge in [-0.05, 0) is 55.3 Å². The summed E-state index contributed by atoms with van der Waals surface area (Å²) in [7, 11) is 1.65. The molecule has 2 aliphatic rings. The number of fused-ring (bicyclic) bond motifs is 1. The fourth-order valence-corrected chi connectivity index (χ4v) is 5.60. The van der Waals surface area contributed by atoms with Crippen molar-refractivity contribution in [1.29, 1.82) is 0 Å². The van der Waals surface area contributed by atoms with Gasteiger partial charge in [0.1, 0.15) is 15.9 Å². The Kier molecular flexibility index (Phi) is 7.04. The molecule has 6 nitrogen and oxygen atoms in total. The van der Waals surface area contributed by atoms with Gasteiger partial charge in [-0.3, -0.25) is 9.69 Å². The fourth-order valence-electron chi connectivity index (χ4n) is 4.30. The summed E-state index contributed by atoms with van der Waals surface area (Å²) in [5.74, 6) is 1.65. The Bertz CT molecular complexity index is 1300. The number of thioether (sulfide) groups is 1. The molecule has 2 aliphatic heterocycles. The van der Waals surface area contributed by atoms with Crippen LogP contribution in [-0.2, 0) is 16.0 Å². The lowest BCUT2D eigenvalue weighted by molar-refractivity contribution is -0.122. The number of benzene rings is 2. The Labute approximate surface area is 214 Å². The molecule has 0 atom stereocenters. The molecule has 0 bridgehead atoms. The van der Waals surface area contributed by atoms with E-state index < -0.39 is 0 Å². The summed E-state index contributed by atoms with van der Waals surface area (Å²) in [6.07, 6.45) is 2.67. The number of morpholine rings is 1. The molecule has 0 saturated carbocycles. The maximum absolute atomic E-state index is 13.3. The maximum atomic E-state index is 13.3. The van der Waals surface area contributed by atoms with E-state index in [2.05, 4.69) is 36.1 Å². The number of anilines is 1. The second kappa shape index (κ2) is 10.4. The normalized spacial score (nSPS) is 17.6. The van der Waals surface area contributed by atoms with Crippen LogP contribution in [0.4, 0.5) is 5.82 Å². The molecular weight excluding hydrogens is 478 g/mol. The Hall–Kier alpha value is -2.94. The average Bonchev–Trinajstić information content (AvgIpc) is 3.14. The Morgan fingerprint density at radius 1 is 1.14 bits per heavy atom. The first-order valence-electron chi connectivity index (χ1n) is 11.6. The molecular formula is C27H27N3O3S2. The second-order valence-electron chi connectivity index (χ2n) is 8.63. The molecule has 2 aromatic carbocycles. The summed E-state index contributed by atoms with van der Waals surface area (Å²) < 4.78 is 11.4. The molecule has 2 saturated heterocycles. The number of methoxy groups -OCH3 is 1. The molecule has 0 N–H and O–H groups in total. The molecule has 35 heavy (non-hydrogen) atoms. The molecule has 1 aromatic heterocycles. The predicted molar refractivity (Wildman–Crippen MR) is 146 cm³/mol. The highest BCUT2D eigenvalue weighted by molar-refractivity contribution is 8.26. The largest absolute Gasteiger partial charge is 0.497 e. The van der Waals surface area contributed by atoms with E-state index in [1.54, 1.807) is 12.0 Å². The van der Waals surface area contributed by atoms with Gasteiger partial charge in [0.25, 0.3) is 5.91 Å². The van der Waals surface area contributed by atoms with E-state index in [1.807, 2.05) is 30.3 Å². The second-order valence-corrected chi connectivity index (χ2v) is 10.3. The SMILES string of the molecule is COc1ccc(CCN2C(=O)/C(=C/c3cc4cc(C)ccc4nc3N3CCOCC3)SC2=S)cc1. The number of thiocarbonyl (C=S) groups is 1. The Morgan fingerprint density at radius 2 is 1.91 bits per heavy atom. The van der Waals surface area contributed by atoms with Gasteiger partial charge in [-0.15, -0.1) is 0 Å². The van der Waals surface area contributed by atoms with Crippen LogP contribution in [0.1, 0.15) is 16.7 Å². The predicted octanol–water partition coefficient (Wildman–Crippen LogP) is 4.83. The zero-order valence-corrected chi connectivity index (χ0v) is 21.5. The minimum Gasteiger partial charge on any atom is -0.497 e. The van der Waals surface area contributed by atoms with Gasteiger partial charge in [-0.25, -0.2) is 4.98 Å². The van der Waals surface area contributed by atoms with Crippen molar-refractivity contribution in [1.82, 2.24) is 9.88 Å². The third-order valence-electron chi connectivity index (χ3n) is 6.23. The van der Waals surface area contributed by atoms with Gasteiger partial charge in [0.2, 0.25) is 0 Å². The van der Waals surface area contributed by atoms with Crippen LogP contribution in [0.5, 0.6) is 5.75 Å². The molecule has 0 spiro atoms. The van der Waals surface area contributed by atoms with Gasteiger partial charge in [-0.2, -0.15) is 0 Å². The van der Waals surface area contributed by atoms with Gasteiger partial charge in [-0.1, -0.05) is 47.7 Å². The van der Waals surface area contributed by atoms with Crippen LogP contribution in [0.15, 0.2) is 53.4 Å². The highest BCUT2D eigenvalue weighted by Crippen LogP contribution is 2.35. The summed E-state index contributed by atoms with van der Waals surface area (Å²) in [5, 5.41) is 1.06. The number of ether oxygens (including phenoxy) is 2. The number of nitrogens with zero attached hydrogens (tertiary/aromatic N) is 3. The molecule has 5 rings (SSSR count). The van der Waals surface area contributed by atoms with Gasteiger partial charge in [0.05, 0.1) is 30.7 Å². The Morgan fingerprint density at radius 3 is 2.66 bits per heavy atom. The number of amides is 1. The topological polar surface area (TPSA) is 54.9 Å². The molecule has 3 aromatic rings. The molecule has 3 heterocycles. The van der Waals surface area contributed by atoms with E-state index in [-0.39, 0.29) is 5.91 Å². The summed E-state index contributed by atoms with van der Waals surface area (Å²) in [5.41, 5.74) is 4.18. The summed E-state index contributed by atoms with van der Waals surface area (Å²) >= 11 is 6.94. The number of rotatable bonds is 6. The molecule has 2 fully saturated rings. The van der Waals surface area contributed by atoms with Crippen molar-refractivity contribution < 1.29 is 14.3 Å². The van der Waals surface area contributed by atoms with E-state index in [0.717, 1.165) is 53.1 Å². The lowest BCUT2D eigenvalue weighted by Gasteiger charge is -2.29. The van der Waals surface area contributed by atoms with Crippen molar-refractivity contribution in [2.75, 3.05) is 44.9 Å². The van der Waals surface area contributed by atoms with Crippen molar-refractivity contribution in [3.05, 3.63) is 70.1 Å². The molecule has 180 valence electrons. The standard InChI is InChI=1S/C27H27N3O3S2/c1-18-3-8-23-20(15-18)16-21(25(28-23)29-11-13-33-14-12-29)17-24-26(31)30(27(34)35-24)10-9-19-4-6-22(32-2)7-5-19/h3-8,15-17H,9-14H2,1-2H3/b24-17-.